The number of hydrogen-bond acceptors (Lipinski definition) is 7. The van der Waals surface area contributed by atoms with Gasteiger partial charge in [0.05, 0.1) is 7.11 Å². The van der Waals surface area contributed by atoms with Crippen molar-refractivity contribution >= 4 is 18.4 Å². The molecule has 2 aliphatic heterocycles. The van der Waals surface area contributed by atoms with Crippen LogP contribution >= 0.6 is 12.4 Å². The molecule has 1 aromatic rings. The van der Waals surface area contributed by atoms with Crippen LogP contribution in [0.15, 0.2) is 41.0 Å². The van der Waals surface area contributed by atoms with E-state index in [2.05, 4.69) is 20.5 Å². The lowest BCUT2D eigenvalue weighted by molar-refractivity contribution is 0.245. The number of benzene rings is 1. The summed E-state index contributed by atoms with van der Waals surface area (Å²) in [5.41, 5.74) is 13.6. The van der Waals surface area contributed by atoms with Crippen LogP contribution < -0.4 is 26.8 Å². The summed E-state index contributed by atoms with van der Waals surface area (Å²) in [5.74, 6) is 1.12. The maximum atomic E-state index is 6.70. The zero-order valence-corrected chi connectivity index (χ0v) is 14.6. The van der Waals surface area contributed by atoms with E-state index in [9.17, 15) is 0 Å². The monoisotopic (exact) mass is 352 g/mol. The number of halogens is 1. The molecular weight excluding hydrogens is 328 g/mol. The number of nitrogens with one attached hydrogen (secondary N) is 2. The Balaban J connectivity index is 0.00000208. The van der Waals surface area contributed by atoms with E-state index in [1.165, 1.54) is 0 Å². The number of guanidine groups is 1. The lowest BCUT2D eigenvalue weighted by Gasteiger charge is -2.39. The van der Waals surface area contributed by atoms with Gasteiger partial charge in [0, 0.05) is 44.5 Å². The van der Waals surface area contributed by atoms with Crippen molar-refractivity contribution in [3.8, 4) is 5.75 Å². The minimum atomic E-state index is -0.858. The van der Waals surface area contributed by atoms with Crippen molar-refractivity contribution in [2.24, 2.45) is 16.5 Å². The topological polar surface area (TPSA) is 101 Å². The Morgan fingerprint density at radius 1 is 1.25 bits per heavy atom. The van der Waals surface area contributed by atoms with Gasteiger partial charge < -0.3 is 26.8 Å². The quantitative estimate of drug-likeness (QED) is 0.605. The van der Waals surface area contributed by atoms with Gasteiger partial charge in [0.15, 0.2) is 5.96 Å². The van der Waals surface area contributed by atoms with Crippen LogP contribution in [0.2, 0.25) is 0 Å². The third kappa shape index (κ3) is 3.81. The molecule has 6 N–H and O–H groups in total. The van der Waals surface area contributed by atoms with E-state index in [1.807, 2.05) is 24.3 Å². The van der Waals surface area contributed by atoms with Crippen LogP contribution in [0.3, 0.4) is 0 Å². The van der Waals surface area contributed by atoms with E-state index in [-0.39, 0.29) is 12.4 Å². The second-order valence-electron chi connectivity index (χ2n) is 5.86. The lowest BCUT2D eigenvalue weighted by Crippen LogP contribution is -2.60. The van der Waals surface area contributed by atoms with Crippen molar-refractivity contribution in [1.82, 2.24) is 15.5 Å². The number of piperazine rings is 1. The molecule has 1 aromatic carbocycles. The van der Waals surface area contributed by atoms with E-state index < -0.39 is 5.66 Å². The molecule has 2 aliphatic rings. The molecule has 7 nitrogen and oxygen atoms in total. The van der Waals surface area contributed by atoms with Gasteiger partial charge in [0.1, 0.15) is 11.4 Å². The largest absolute Gasteiger partial charge is 0.497 e. The second kappa shape index (κ2) is 7.85. The van der Waals surface area contributed by atoms with Crippen LogP contribution in [0, 0.1) is 0 Å². The fourth-order valence-corrected chi connectivity index (χ4v) is 2.95. The lowest BCUT2D eigenvalue weighted by atomic mass is 9.90. The predicted molar refractivity (Wildman–Crippen MR) is 98.3 cm³/mol. The molecule has 3 rings (SSSR count). The molecular formula is C16H25ClN6O. The van der Waals surface area contributed by atoms with E-state index >= 15 is 0 Å². The van der Waals surface area contributed by atoms with Crippen molar-refractivity contribution in [2.75, 3.05) is 39.8 Å². The van der Waals surface area contributed by atoms with E-state index in [0.29, 0.717) is 5.96 Å². The standard InChI is InChI=1S/C16H24N6O.ClH/c1-23-14-4-2-12(3-5-14)16(18)13(10-20-15(17)21-16)11-22-8-6-19-7-9-22;/h2-5,10,19H,6-9,11,18H2,1H3,(H3,17,20,21);1H. The Morgan fingerprint density at radius 3 is 2.54 bits per heavy atom. The average Bonchev–Trinajstić information content (AvgIpc) is 2.58. The molecule has 132 valence electrons. The summed E-state index contributed by atoms with van der Waals surface area (Å²) in [5, 5.41) is 6.49. The summed E-state index contributed by atoms with van der Waals surface area (Å²) in [6.45, 7) is 4.73. The van der Waals surface area contributed by atoms with Crippen LogP contribution in [0.5, 0.6) is 5.75 Å². The minimum absolute atomic E-state index is 0. The maximum absolute atomic E-state index is 6.70. The Morgan fingerprint density at radius 2 is 1.92 bits per heavy atom. The molecule has 1 unspecified atom stereocenters. The third-order valence-electron chi connectivity index (χ3n) is 4.34. The molecule has 1 atom stereocenters. The molecule has 0 radical (unpaired) electrons. The van der Waals surface area contributed by atoms with Crippen LogP contribution in [0.1, 0.15) is 5.56 Å². The molecule has 1 fully saturated rings. The fourth-order valence-electron chi connectivity index (χ4n) is 2.95. The smallest absolute Gasteiger partial charge is 0.195 e. The van der Waals surface area contributed by atoms with Gasteiger partial charge in [0.25, 0.3) is 0 Å². The van der Waals surface area contributed by atoms with Crippen molar-refractivity contribution < 1.29 is 4.74 Å². The molecule has 2 heterocycles. The summed E-state index contributed by atoms with van der Waals surface area (Å²) in [6, 6.07) is 7.71. The number of rotatable bonds is 4. The van der Waals surface area contributed by atoms with Gasteiger partial charge in [-0.05, 0) is 17.7 Å². The Hall–Kier alpha value is -1.80. The van der Waals surface area contributed by atoms with Gasteiger partial charge in [-0.25, -0.2) is 4.99 Å². The van der Waals surface area contributed by atoms with Crippen LogP contribution in [0.25, 0.3) is 0 Å². The number of ether oxygens (including phenoxy) is 1. The van der Waals surface area contributed by atoms with Gasteiger partial charge in [0.2, 0.25) is 0 Å². The first-order valence-electron chi connectivity index (χ1n) is 7.79. The van der Waals surface area contributed by atoms with Crippen LogP contribution in [0.4, 0.5) is 0 Å². The number of nitrogens with zero attached hydrogens (tertiary/aromatic N) is 2. The number of aliphatic imine (C=N–C) groups is 1. The molecule has 0 bridgehead atoms. The highest BCUT2D eigenvalue weighted by Gasteiger charge is 2.35. The first-order valence-corrected chi connectivity index (χ1v) is 7.79. The fraction of sp³-hybridized carbons (Fsp3) is 0.438. The number of methoxy groups -OCH3 is 1. The van der Waals surface area contributed by atoms with E-state index in [0.717, 1.165) is 49.6 Å². The van der Waals surface area contributed by atoms with Crippen molar-refractivity contribution in [2.45, 2.75) is 5.66 Å². The highest BCUT2D eigenvalue weighted by molar-refractivity contribution is 5.85. The minimum Gasteiger partial charge on any atom is -0.497 e. The molecule has 0 spiro atoms. The van der Waals surface area contributed by atoms with Crippen molar-refractivity contribution in [1.29, 1.82) is 0 Å². The zero-order valence-electron chi connectivity index (χ0n) is 13.8. The highest BCUT2D eigenvalue weighted by Crippen LogP contribution is 2.28. The molecule has 0 aliphatic carbocycles. The molecule has 0 saturated carbocycles. The second-order valence-corrected chi connectivity index (χ2v) is 5.86. The molecule has 1 saturated heterocycles. The van der Waals surface area contributed by atoms with Crippen LogP contribution in [-0.4, -0.2) is 50.7 Å². The first-order chi connectivity index (χ1) is 11.1. The predicted octanol–water partition coefficient (Wildman–Crippen LogP) is -0.0645. The van der Waals surface area contributed by atoms with Crippen LogP contribution in [-0.2, 0) is 5.66 Å². The summed E-state index contributed by atoms with van der Waals surface area (Å²) in [4.78, 5) is 6.57. The molecule has 0 aromatic heterocycles. The molecule has 0 amide bonds. The summed E-state index contributed by atoms with van der Waals surface area (Å²) in [6.07, 6.45) is 1.79. The third-order valence-corrected chi connectivity index (χ3v) is 4.34. The molecule has 8 heteroatoms. The normalized spacial score (nSPS) is 24.2. The van der Waals surface area contributed by atoms with Crippen molar-refractivity contribution in [3.05, 3.63) is 41.6 Å². The van der Waals surface area contributed by atoms with E-state index in [1.54, 1.807) is 13.3 Å². The van der Waals surface area contributed by atoms with Gasteiger partial charge in [-0.3, -0.25) is 4.90 Å². The van der Waals surface area contributed by atoms with Gasteiger partial charge in [-0.1, -0.05) is 12.1 Å². The summed E-state index contributed by atoms with van der Waals surface area (Å²) in [7, 11) is 1.65. The Kier molecular flexibility index (Phi) is 6.06. The zero-order chi connectivity index (χ0) is 16.3. The first kappa shape index (κ1) is 18.5. The highest BCUT2D eigenvalue weighted by atomic mass is 35.5. The number of hydrogen-bond donors (Lipinski definition) is 4. The Bertz CT molecular complexity index is 611. The maximum Gasteiger partial charge on any atom is 0.195 e. The van der Waals surface area contributed by atoms with Crippen molar-refractivity contribution in [3.63, 3.8) is 0 Å². The summed E-state index contributed by atoms with van der Waals surface area (Å²) < 4.78 is 5.22. The Labute approximate surface area is 148 Å². The van der Waals surface area contributed by atoms with Gasteiger partial charge in [-0.15, -0.1) is 12.4 Å². The number of nitrogens with two attached hydrogens (primary N) is 2. The summed E-state index contributed by atoms with van der Waals surface area (Å²) >= 11 is 0. The van der Waals surface area contributed by atoms with Gasteiger partial charge >= 0.3 is 0 Å². The average molecular weight is 353 g/mol. The SMILES string of the molecule is COc1ccc(C2(N)NC(N)=NC=C2CN2CCNCC2)cc1.Cl. The molecule has 24 heavy (non-hydrogen) atoms. The van der Waals surface area contributed by atoms with E-state index in [4.69, 9.17) is 16.2 Å². The van der Waals surface area contributed by atoms with Gasteiger partial charge in [-0.2, -0.15) is 0 Å².